The highest BCUT2D eigenvalue weighted by Gasteiger charge is 2.62. The number of aliphatic hydroxyl groups excluding tert-OH is 1. The third-order valence-electron chi connectivity index (χ3n) is 5.92. The van der Waals surface area contributed by atoms with E-state index in [1.165, 1.54) is 23.1 Å². The Morgan fingerprint density at radius 2 is 1.85 bits per heavy atom. The van der Waals surface area contributed by atoms with E-state index in [0.29, 0.717) is 15.6 Å². The maximum absolute atomic E-state index is 13.8. The van der Waals surface area contributed by atoms with E-state index in [1.54, 1.807) is 24.3 Å². The number of aliphatic hydroxyl groups is 1. The van der Waals surface area contributed by atoms with Gasteiger partial charge in [0, 0.05) is 41.9 Å². The number of carbonyl (C=O) groups excluding carboxylic acids is 3. The van der Waals surface area contributed by atoms with Gasteiger partial charge in [0.05, 0.1) is 23.9 Å². The molecule has 0 unspecified atom stereocenters. The molecule has 2 aliphatic rings. The fraction of sp³-hybridized carbons (Fsp3) is 0.304. The van der Waals surface area contributed by atoms with Gasteiger partial charge < -0.3 is 15.3 Å². The van der Waals surface area contributed by atoms with E-state index in [2.05, 4.69) is 11.4 Å². The molecule has 4 amide bonds. The number of carbonyl (C=O) groups is 3. The van der Waals surface area contributed by atoms with Crippen molar-refractivity contribution in [3.63, 3.8) is 0 Å². The van der Waals surface area contributed by atoms with Gasteiger partial charge in [-0.3, -0.25) is 9.59 Å². The SMILES string of the molecule is N#Cc1ccc(C[C@@]23C[C@H](NC(=O)CCO)CN2C(=O)N(c2cc(Cl)cc(Cl)c2)C3=O)cc1. The number of amides is 4. The molecule has 2 N–H and O–H groups in total. The van der Waals surface area contributed by atoms with Gasteiger partial charge in [0.15, 0.2) is 0 Å². The summed E-state index contributed by atoms with van der Waals surface area (Å²) in [7, 11) is 0. The number of imide groups is 1. The third kappa shape index (κ3) is 4.27. The van der Waals surface area contributed by atoms with Gasteiger partial charge in [-0.25, -0.2) is 9.69 Å². The van der Waals surface area contributed by atoms with Gasteiger partial charge >= 0.3 is 6.03 Å². The third-order valence-corrected chi connectivity index (χ3v) is 6.35. The van der Waals surface area contributed by atoms with Crippen molar-refractivity contribution in [1.29, 1.82) is 5.26 Å². The standard InChI is InChI=1S/C23H20Cl2N4O4/c24-16-7-17(25)9-19(8-16)29-21(32)23(10-14-1-3-15(12-26)4-2-14)11-18(13-28(23)22(29)33)27-20(31)5-6-30/h1-4,7-9,18,30H,5-6,10-11,13H2,(H,27,31)/t18-,23-/m0/s1. The van der Waals surface area contributed by atoms with Crippen LogP contribution in [0, 0.1) is 11.3 Å². The molecular formula is C23H20Cl2N4O4. The van der Waals surface area contributed by atoms with Crippen LogP contribution in [0.1, 0.15) is 24.0 Å². The second-order valence-electron chi connectivity index (χ2n) is 8.12. The summed E-state index contributed by atoms with van der Waals surface area (Å²) in [6, 6.07) is 12.4. The lowest BCUT2D eigenvalue weighted by atomic mass is 9.86. The van der Waals surface area contributed by atoms with Gasteiger partial charge in [0.25, 0.3) is 5.91 Å². The van der Waals surface area contributed by atoms with Gasteiger partial charge in [-0.15, -0.1) is 0 Å². The smallest absolute Gasteiger partial charge is 0.332 e. The van der Waals surface area contributed by atoms with Crippen LogP contribution < -0.4 is 10.2 Å². The monoisotopic (exact) mass is 486 g/mol. The molecule has 170 valence electrons. The van der Waals surface area contributed by atoms with Crippen LogP contribution in [-0.2, 0) is 16.0 Å². The summed E-state index contributed by atoms with van der Waals surface area (Å²) < 4.78 is 0. The van der Waals surface area contributed by atoms with Crippen molar-refractivity contribution in [2.45, 2.75) is 30.8 Å². The highest BCUT2D eigenvalue weighted by Crippen LogP contribution is 2.43. The normalized spacial score (nSPS) is 21.8. The summed E-state index contributed by atoms with van der Waals surface area (Å²) in [6.07, 6.45) is 0.355. The summed E-state index contributed by atoms with van der Waals surface area (Å²) in [6.45, 7) is -0.150. The van der Waals surface area contributed by atoms with E-state index in [4.69, 9.17) is 33.6 Å². The zero-order valence-corrected chi connectivity index (χ0v) is 18.9. The largest absolute Gasteiger partial charge is 0.396 e. The van der Waals surface area contributed by atoms with E-state index < -0.39 is 23.5 Å². The van der Waals surface area contributed by atoms with Crippen LogP contribution in [0.2, 0.25) is 10.0 Å². The number of anilines is 1. The Hall–Kier alpha value is -3.12. The van der Waals surface area contributed by atoms with Gasteiger partial charge in [0.2, 0.25) is 5.91 Å². The predicted octanol–water partition coefficient (Wildman–Crippen LogP) is 2.89. The lowest BCUT2D eigenvalue weighted by molar-refractivity contribution is -0.125. The fourth-order valence-corrected chi connectivity index (χ4v) is 5.04. The first-order valence-corrected chi connectivity index (χ1v) is 11.0. The zero-order chi connectivity index (χ0) is 23.8. The molecule has 2 heterocycles. The molecule has 2 aliphatic heterocycles. The minimum atomic E-state index is -1.23. The van der Waals surface area contributed by atoms with Crippen molar-refractivity contribution >= 4 is 46.7 Å². The summed E-state index contributed by atoms with van der Waals surface area (Å²) in [4.78, 5) is 41.8. The van der Waals surface area contributed by atoms with Crippen LogP contribution in [-0.4, -0.2) is 52.6 Å². The molecule has 2 fully saturated rings. The molecule has 2 saturated heterocycles. The van der Waals surface area contributed by atoms with Crippen LogP contribution in [0.3, 0.4) is 0 Å². The first-order valence-electron chi connectivity index (χ1n) is 10.3. The number of nitrogens with one attached hydrogen (secondary N) is 1. The molecule has 2 aromatic rings. The molecule has 0 radical (unpaired) electrons. The molecule has 2 atom stereocenters. The van der Waals surface area contributed by atoms with Crippen LogP contribution >= 0.6 is 23.2 Å². The highest BCUT2D eigenvalue weighted by molar-refractivity contribution is 6.35. The molecule has 0 bridgehead atoms. The molecule has 4 rings (SSSR count). The summed E-state index contributed by atoms with van der Waals surface area (Å²) in [5.41, 5.74) is 0.306. The Labute approximate surface area is 200 Å². The highest BCUT2D eigenvalue weighted by atomic mass is 35.5. The molecule has 0 spiro atoms. The topological polar surface area (TPSA) is 114 Å². The fourth-order valence-electron chi connectivity index (χ4n) is 4.53. The minimum Gasteiger partial charge on any atom is -0.396 e. The molecule has 10 heteroatoms. The Balaban J connectivity index is 1.71. The van der Waals surface area contributed by atoms with E-state index in [1.807, 2.05) is 0 Å². The summed E-state index contributed by atoms with van der Waals surface area (Å²) >= 11 is 12.2. The summed E-state index contributed by atoms with van der Waals surface area (Å²) in [5, 5.41) is 21.5. The number of nitrogens with zero attached hydrogens (tertiary/aromatic N) is 3. The number of benzene rings is 2. The van der Waals surface area contributed by atoms with Crippen LogP contribution in [0.5, 0.6) is 0 Å². The second-order valence-corrected chi connectivity index (χ2v) is 8.99. The van der Waals surface area contributed by atoms with Crippen LogP contribution in [0.15, 0.2) is 42.5 Å². The average Bonchev–Trinajstić information content (AvgIpc) is 3.20. The Kier molecular flexibility index (Phi) is 6.30. The van der Waals surface area contributed by atoms with Gasteiger partial charge in [0.1, 0.15) is 5.54 Å². The van der Waals surface area contributed by atoms with Crippen LogP contribution in [0.4, 0.5) is 10.5 Å². The van der Waals surface area contributed by atoms with E-state index in [0.717, 1.165) is 10.5 Å². The molecular weight excluding hydrogens is 467 g/mol. The molecule has 2 aromatic carbocycles. The van der Waals surface area contributed by atoms with Crippen molar-refractivity contribution in [3.8, 4) is 6.07 Å². The Bertz CT molecular complexity index is 1140. The quantitative estimate of drug-likeness (QED) is 0.609. The number of urea groups is 1. The van der Waals surface area contributed by atoms with Crippen LogP contribution in [0.25, 0.3) is 0 Å². The maximum Gasteiger partial charge on any atom is 0.332 e. The molecule has 33 heavy (non-hydrogen) atoms. The van der Waals surface area contributed by atoms with Gasteiger partial charge in [-0.1, -0.05) is 35.3 Å². The molecule has 0 aromatic heterocycles. The van der Waals surface area contributed by atoms with Crippen molar-refractivity contribution in [1.82, 2.24) is 10.2 Å². The van der Waals surface area contributed by atoms with E-state index >= 15 is 0 Å². The number of nitriles is 1. The molecule has 8 nitrogen and oxygen atoms in total. The first-order chi connectivity index (χ1) is 15.8. The molecule has 0 saturated carbocycles. The predicted molar refractivity (Wildman–Crippen MR) is 122 cm³/mol. The second kappa shape index (κ2) is 9.02. The Morgan fingerprint density at radius 3 is 2.45 bits per heavy atom. The number of hydrogen-bond donors (Lipinski definition) is 2. The number of hydrogen-bond acceptors (Lipinski definition) is 5. The van der Waals surface area contributed by atoms with E-state index in [-0.39, 0.29) is 44.0 Å². The molecule has 0 aliphatic carbocycles. The minimum absolute atomic E-state index is 0.0614. The van der Waals surface area contributed by atoms with Crippen molar-refractivity contribution in [2.24, 2.45) is 0 Å². The zero-order valence-electron chi connectivity index (χ0n) is 17.4. The lowest BCUT2D eigenvalue weighted by Gasteiger charge is -2.28. The first kappa shape index (κ1) is 23.1. The average molecular weight is 487 g/mol. The van der Waals surface area contributed by atoms with Crippen molar-refractivity contribution in [2.75, 3.05) is 18.1 Å². The van der Waals surface area contributed by atoms with Gasteiger partial charge in [-0.2, -0.15) is 5.26 Å². The number of halogens is 2. The van der Waals surface area contributed by atoms with Crippen molar-refractivity contribution in [3.05, 3.63) is 63.6 Å². The summed E-state index contributed by atoms with van der Waals surface area (Å²) in [5.74, 6) is -0.787. The number of rotatable bonds is 6. The maximum atomic E-state index is 13.8. The number of fused-ring (bicyclic) bond motifs is 1. The van der Waals surface area contributed by atoms with Gasteiger partial charge in [-0.05, 0) is 35.9 Å². The van der Waals surface area contributed by atoms with E-state index in [9.17, 15) is 14.4 Å². The van der Waals surface area contributed by atoms with Crippen molar-refractivity contribution < 1.29 is 19.5 Å². The Morgan fingerprint density at radius 1 is 1.18 bits per heavy atom. The lowest BCUT2D eigenvalue weighted by Crippen LogP contribution is -2.47.